The van der Waals surface area contributed by atoms with Crippen molar-refractivity contribution in [3.63, 3.8) is 0 Å². The van der Waals surface area contributed by atoms with E-state index >= 15 is 0 Å². The first-order chi connectivity index (χ1) is 10.1. The van der Waals surface area contributed by atoms with E-state index in [-0.39, 0.29) is 5.75 Å². The quantitative estimate of drug-likeness (QED) is 0.872. The van der Waals surface area contributed by atoms with Crippen LogP contribution in [0.2, 0.25) is 0 Å². The highest BCUT2D eigenvalue weighted by molar-refractivity contribution is 7.86. The first-order valence-corrected chi connectivity index (χ1v) is 7.40. The van der Waals surface area contributed by atoms with Crippen LogP contribution in [-0.4, -0.2) is 20.1 Å². The van der Waals surface area contributed by atoms with Gasteiger partial charge >= 0.3 is 6.18 Å². The van der Waals surface area contributed by atoms with E-state index in [0.29, 0.717) is 11.1 Å². The Balaban J connectivity index is 2.50. The lowest BCUT2D eigenvalue weighted by Gasteiger charge is -2.10. The molecule has 0 fully saturated rings. The maximum atomic E-state index is 12.5. The third-order valence-electron chi connectivity index (χ3n) is 2.99. The first kappa shape index (κ1) is 16.3. The summed E-state index contributed by atoms with van der Waals surface area (Å²) in [6.45, 7) is 0. The summed E-state index contributed by atoms with van der Waals surface area (Å²) in [5, 5.41) is 0. The molecule has 0 aliphatic rings. The van der Waals surface area contributed by atoms with E-state index in [4.69, 9.17) is 9.29 Å². The van der Waals surface area contributed by atoms with Crippen molar-refractivity contribution in [3.05, 3.63) is 48.0 Å². The minimum atomic E-state index is -4.51. The number of rotatable bonds is 3. The van der Waals surface area contributed by atoms with E-state index in [2.05, 4.69) is 0 Å². The molecular weight excluding hydrogens is 321 g/mol. The largest absolute Gasteiger partial charge is 0.495 e. The molecule has 1 N–H and O–H groups in total. The molecule has 0 aliphatic heterocycles. The normalized spacial score (nSPS) is 12.2. The molecule has 0 saturated heterocycles. The number of halogens is 3. The van der Waals surface area contributed by atoms with E-state index in [9.17, 15) is 21.6 Å². The molecule has 118 valence electrons. The molecule has 8 heteroatoms. The van der Waals surface area contributed by atoms with E-state index in [1.807, 2.05) is 0 Å². The van der Waals surface area contributed by atoms with E-state index in [0.717, 1.165) is 18.2 Å². The zero-order valence-corrected chi connectivity index (χ0v) is 12.1. The Morgan fingerprint density at radius 3 is 2.00 bits per heavy atom. The Morgan fingerprint density at radius 1 is 1.00 bits per heavy atom. The van der Waals surface area contributed by atoms with Crippen LogP contribution in [0.5, 0.6) is 5.75 Å². The fourth-order valence-corrected chi connectivity index (χ4v) is 2.59. The molecule has 2 rings (SSSR count). The zero-order valence-electron chi connectivity index (χ0n) is 11.3. The highest BCUT2D eigenvalue weighted by Crippen LogP contribution is 2.33. The van der Waals surface area contributed by atoms with Gasteiger partial charge in [0.2, 0.25) is 0 Å². The Morgan fingerprint density at radius 2 is 1.55 bits per heavy atom. The Kier molecular flexibility index (Phi) is 4.17. The number of hydrogen-bond donors (Lipinski definition) is 1. The number of benzene rings is 2. The summed E-state index contributed by atoms with van der Waals surface area (Å²) >= 11 is 0. The van der Waals surface area contributed by atoms with Crippen molar-refractivity contribution in [2.45, 2.75) is 11.1 Å². The van der Waals surface area contributed by atoms with Gasteiger partial charge in [0.05, 0.1) is 12.7 Å². The van der Waals surface area contributed by atoms with Gasteiger partial charge in [0, 0.05) is 0 Å². The van der Waals surface area contributed by atoms with Crippen LogP contribution >= 0.6 is 0 Å². The summed E-state index contributed by atoms with van der Waals surface area (Å²) in [7, 11) is -3.27. The summed E-state index contributed by atoms with van der Waals surface area (Å²) in [4.78, 5) is -0.451. The predicted octanol–water partition coefficient (Wildman–Crippen LogP) is 3.63. The van der Waals surface area contributed by atoms with Gasteiger partial charge in [-0.25, -0.2) is 0 Å². The number of alkyl halides is 3. The lowest BCUT2D eigenvalue weighted by atomic mass is 10.0. The standard InChI is InChI=1S/C14H11F3O4S/c1-21-12-7-4-10(8-13(12)22(18,19)20)9-2-5-11(6-3-9)14(15,16)17/h2-8H,1H3,(H,18,19,20). The molecule has 2 aromatic carbocycles. The molecule has 0 saturated carbocycles. The summed E-state index contributed by atoms with van der Waals surface area (Å²) in [6.07, 6.45) is -4.45. The maximum Gasteiger partial charge on any atom is 0.416 e. The average Bonchev–Trinajstić information content (AvgIpc) is 2.45. The summed E-state index contributed by atoms with van der Waals surface area (Å²) < 4.78 is 74.2. The molecule has 2 aromatic rings. The van der Waals surface area contributed by atoms with Gasteiger partial charge in [-0.1, -0.05) is 18.2 Å². The fourth-order valence-electron chi connectivity index (χ4n) is 1.91. The Hall–Kier alpha value is -2.06. The SMILES string of the molecule is COc1ccc(-c2ccc(C(F)(F)F)cc2)cc1S(=O)(=O)O. The van der Waals surface area contributed by atoms with Crippen molar-refractivity contribution in [2.75, 3.05) is 7.11 Å². The van der Waals surface area contributed by atoms with Crippen LogP contribution < -0.4 is 4.74 Å². The summed E-state index contributed by atoms with van der Waals surface area (Å²) in [5.74, 6) is -0.0573. The monoisotopic (exact) mass is 332 g/mol. The molecular formula is C14H11F3O4S. The predicted molar refractivity (Wildman–Crippen MR) is 73.2 cm³/mol. The molecule has 0 heterocycles. The topological polar surface area (TPSA) is 63.6 Å². The second-order valence-corrected chi connectivity index (χ2v) is 5.81. The van der Waals surface area contributed by atoms with Gasteiger partial charge in [-0.15, -0.1) is 0 Å². The molecule has 0 unspecified atom stereocenters. The van der Waals surface area contributed by atoms with E-state index < -0.39 is 26.8 Å². The van der Waals surface area contributed by atoms with E-state index in [1.54, 1.807) is 0 Å². The van der Waals surface area contributed by atoms with Gasteiger partial charge in [-0.2, -0.15) is 21.6 Å². The molecule has 0 radical (unpaired) electrons. The van der Waals surface area contributed by atoms with Crippen molar-refractivity contribution in [1.82, 2.24) is 0 Å². The molecule has 22 heavy (non-hydrogen) atoms. The van der Waals surface area contributed by atoms with Gasteiger partial charge in [-0.3, -0.25) is 4.55 Å². The zero-order chi connectivity index (χ0) is 16.5. The highest BCUT2D eigenvalue weighted by Gasteiger charge is 2.30. The summed E-state index contributed by atoms with van der Waals surface area (Å²) in [6, 6.07) is 8.17. The average molecular weight is 332 g/mol. The molecule has 4 nitrogen and oxygen atoms in total. The van der Waals surface area contributed by atoms with Crippen LogP contribution in [0.15, 0.2) is 47.4 Å². The second kappa shape index (κ2) is 5.62. The van der Waals surface area contributed by atoms with Crippen LogP contribution in [0.25, 0.3) is 11.1 Å². The van der Waals surface area contributed by atoms with Crippen molar-refractivity contribution < 1.29 is 30.9 Å². The van der Waals surface area contributed by atoms with Gasteiger partial charge in [0.15, 0.2) is 0 Å². The van der Waals surface area contributed by atoms with Gasteiger partial charge in [-0.05, 0) is 35.4 Å². The van der Waals surface area contributed by atoms with Crippen LogP contribution in [-0.2, 0) is 16.3 Å². The van der Waals surface area contributed by atoms with E-state index in [1.165, 1.54) is 31.4 Å². The summed E-state index contributed by atoms with van der Waals surface area (Å²) in [5.41, 5.74) is -0.0949. The molecule has 0 spiro atoms. The van der Waals surface area contributed by atoms with Crippen molar-refractivity contribution >= 4 is 10.1 Å². The molecule has 0 aromatic heterocycles. The minimum Gasteiger partial charge on any atom is -0.495 e. The van der Waals surface area contributed by atoms with Gasteiger partial charge in [0.1, 0.15) is 10.6 Å². The van der Waals surface area contributed by atoms with Crippen LogP contribution in [0.1, 0.15) is 5.56 Å². The first-order valence-electron chi connectivity index (χ1n) is 5.96. The van der Waals surface area contributed by atoms with Crippen LogP contribution in [0.3, 0.4) is 0 Å². The van der Waals surface area contributed by atoms with Gasteiger partial charge in [0.25, 0.3) is 10.1 Å². The third-order valence-corrected chi connectivity index (χ3v) is 3.86. The fraction of sp³-hybridized carbons (Fsp3) is 0.143. The smallest absolute Gasteiger partial charge is 0.416 e. The van der Waals surface area contributed by atoms with Crippen molar-refractivity contribution in [2.24, 2.45) is 0 Å². The van der Waals surface area contributed by atoms with Crippen molar-refractivity contribution in [1.29, 1.82) is 0 Å². The van der Waals surface area contributed by atoms with Crippen LogP contribution in [0, 0.1) is 0 Å². The Labute approximate surface area is 124 Å². The van der Waals surface area contributed by atoms with Crippen LogP contribution in [0.4, 0.5) is 13.2 Å². The molecule has 0 atom stereocenters. The van der Waals surface area contributed by atoms with Gasteiger partial charge < -0.3 is 4.74 Å². The lowest BCUT2D eigenvalue weighted by Crippen LogP contribution is -2.04. The lowest BCUT2D eigenvalue weighted by molar-refractivity contribution is -0.137. The Bertz CT molecular complexity index is 781. The third kappa shape index (κ3) is 3.40. The molecule has 0 amide bonds. The number of hydrogen-bond acceptors (Lipinski definition) is 3. The number of methoxy groups -OCH3 is 1. The van der Waals surface area contributed by atoms with Crippen molar-refractivity contribution in [3.8, 4) is 16.9 Å². The molecule has 0 bridgehead atoms. The molecule has 0 aliphatic carbocycles. The maximum absolute atomic E-state index is 12.5. The highest BCUT2D eigenvalue weighted by atomic mass is 32.2. The second-order valence-electron chi connectivity index (χ2n) is 4.42. The minimum absolute atomic E-state index is 0.0573. The number of ether oxygens (including phenoxy) is 1.